The molecule has 1 aromatic rings. The first kappa shape index (κ1) is 13.4. The minimum absolute atomic E-state index is 0.437. The average molecular weight is 248 g/mol. The lowest BCUT2D eigenvalue weighted by Crippen LogP contribution is -2.40. The number of aryl methyl sites for hydroxylation is 1. The maximum atomic E-state index is 10.3. The third-order valence-electron chi connectivity index (χ3n) is 4.04. The lowest BCUT2D eigenvalue weighted by molar-refractivity contribution is 0.0733. The molecule has 0 spiro atoms. The van der Waals surface area contributed by atoms with Crippen LogP contribution >= 0.6 is 0 Å². The molecule has 1 aliphatic heterocycles. The number of hydrogen-bond acceptors (Lipinski definition) is 3. The van der Waals surface area contributed by atoms with E-state index < -0.39 is 6.10 Å². The van der Waals surface area contributed by atoms with Crippen molar-refractivity contribution in [1.82, 2.24) is 4.90 Å². The molecule has 100 valence electrons. The standard InChI is InChI=1S/C15H24N2O/c1-11-6-7-13(9-14(11)16)15(18)10-17-8-4-3-5-12(17)2/h6-7,9,12,15,18H,3-5,8,10,16H2,1-2H3. The van der Waals surface area contributed by atoms with Gasteiger partial charge in [-0.25, -0.2) is 0 Å². The first-order valence-electron chi connectivity index (χ1n) is 6.86. The van der Waals surface area contributed by atoms with Crippen LogP contribution in [0.25, 0.3) is 0 Å². The number of nitrogens with two attached hydrogens (primary N) is 1. The van der Waals surface area contributed by atoms with E-state index in [4.69, 9.17) is 5.73 Å². The summed E-state index contributed by atoms with van der Waals surface area (Å²) in [4.78, 5) is 2.38. The van der Waals surface area contributed by atoms with Crippen LogP contribution in [-0.2, 0) is 0 Å². The van der Waals surface area contributed by atoms with Crippen LogP contribution in [-0.4, -0.2) is 29.1 Å². The highest BCUT2D eigenvalue weighted by Gasteiger charge is 2.21. The summed E-state index contributed by atoms with van der Waals surface area (Å²) in [6.07, 6.45) is 3.36. The summed E-state index contributed by atoms with van der Waals surface area (Å²) < 4.78 is 0. The van der Waals surface area contributed by atoms with Gasteiger partial charge < -0.3 is 10.8 Å². The van der Waals surface area contributed by atoms with Gasteiger partial charge >= 0.3 is 0 Å². The number of hydrogen-bond donors (Lipinski definition) is 2. The molecule has 0 radical (unpaired) electrons. The Labute approximate surface area is 110 Å². The number of rotatable bonds is 3. The van der Waals surface area contributed by atoms with Crippen LogP contribution in [0.1, 0.15) is 43.4 Å². The van der Waals surface area contributed by atoms with Gasteiger partial charge in [-0.3, -0.25) is 4.90 Å². The molecule has 2 atom stereocenters. The van der Waals surface area contributed by atoms with Gasteiger partial charge in [0.1, 0.15) is 0 Å². The van der Waals surface area contributed by atoms with E-state index in [0.29, 0.717) is 12.6 Å². The number of nitrogens with zero attached hydrogens (tertiary/aromatic N) is 1. The number of likely N-dealkylation sites (tertiary alicyclic amines) is 1. The average Bonchev–Trinajstić information content (AvgIpc) is 2.35. The zero-order valence-corrected chi connectivity index (χ0v) is 11.4. The number of aliphatic hydroxyl groups excluding tert-OH is 1. The lowest BCUT2D eigenvalue weighted by Gasteiger charge is -2.34. The molecule has 2 unspecified atom stereocenters. The first-order chi connectivity index (χ1) is 8.58. The van der Waals surface area contributed by atoms with Crippen molar-refractivity contribution < 1.29 is 5.11 Å². The summed E-state index contributed by atoms with van der Waals surface area (Å²) in [5, 5.41) is 10.3. The van der Waals surface area contributed by atoms with E-state index in [9.17, 15) is 5.11 Å². The quantitative estimate of drug-likeness (QED) is 0.808. The van der Waals surface area contributed by atoms with Crippen molar-refractivity contribution in [2.45, 2.75) is 45.3 Å². The van der Waals surface area contributed by atoms with Gasteiger partial charge in [-0.1, -0.05) is 18.6 Å². The van der Waals surface area contributed by atoms with E-state index in [0.717, 1.165) is 23.4 Å². The summed E-state index contributed by atoms with van der Waals surface area (Å²) in [6, 6.07) is 6.43. The molecule has 3 heteroatoms. The van der Waals surface area contributed by atoms with Crippen LogP contribution in [0.5, 0.6) is 0 Å². The molecule has 0 aliphatic carbocycles. The molecule has 1 heterocycles. The van der Waals surface area contributed by atoms with E-state index in [1.807, 2.05) is 25.1 Å². The van der Waals surface area contributed by atoms with Crippen molar-refractivity contribution in [1.29, 1.82) is 0 Å². The highest BCUT2D eigenvalue weighted by molar-refractivity contribution is 5.48. The van der Waals surface area contributed by atoms with Gasteiger partial charge in [-0.2, -0.15) is 0 Å². The lowest BCUT2D eigenvalue weighted by atomic mass is 10.0. The maximum absolute atomic E-state index is 10.3. The predicted molar refractivity (Wildman–Crippen MR) is 75.4 cm³/mol. The molecular formula is C15H24N2O. The summed E-state index contributed by atoms with van der Waals surface area (Å²) >= 11 is 0. The predicted octanol–water partition coefficient (Wildman–Crippen LogP) is 2.49. The third-order valence-corrected chi connectivity index (χ3v) is 4.04. The third kappa shape index (κ3) is 3.03. The summed E-state index contributed by atoms with van der Waals surface area (Å²) in [6.45, 7) is 6.04. The van der Waals surface area contributed by atoms with Crippen molar-refractivity contribution in [3.8, 4) is 0 Å². The van der Waals surface area contributed by atoms with Crippen LogP contribution in [0.15, 0.2) is 18.2 Å². The monoisotopic (exact) mass is 248 g/mol. The van der Waals surface area contributed by atoms with Crippen molar-refractivity contribution >= 4 is 5.69 Å². The number of piperidine rings is 1. The van der Waals surface area contributed by atoms with E-state index >= 15 is 0 Å². The number of benzene rings is 1. The maximum Gasteiger partial charge on any atom is 0.0917 e. The summed E-state index contributed by atoms with van der Waals surface area (Å²) in [5.74, 6) is 0. The summed E-state index contributed by atoms with van der Waals surface area (Å²) in [7, 11) is 0. The van der Waals surface area contributed by atoms with Crippen molar-refractivity contribution in [3.05, 3.63) is 29.3 Å². The highest BCUT2D eigenvalue weighted by atomic mass is 16.3. The Morgan fingerprint density at radius 2 is 2.22 bits per heavy atom. The van der Waals surface area contributed by atoms with E-state index in [1.165, 1.54) is 19.3 Å². The molecule has 2 rings (SSSR count). The topological polar surface area (TPSA) is 49.5 Å². The fraction of sp³-hybridized carbons (Fsp3) is 0.600. The van der Waals surface area contributed by atoms with Gasteiger partial charge in [-0.15, -0.1) is 0 Å². The SMILES string of the molecule is Cc1ccc(C(O)CN2CCCCC2C)cc1N. The second-order valence-corrected chi connectivity index (χ2v) is 5.47. The van der Waals surface area contributed by atoms with Gasteiger partial charge in [-0.05, 0) is 50.4 Å². The van der Waals surface area contributed by atoms with Gasteiger partial charge in [0.2, 0.25) is 0 Å². The van der Waals surface area contributed by atoms with Crippen LogP contribution in [0, 0.1) is 6.92 Å². The Hall–Kier alpha value is -1.06. The Bertz CT molecular complexity index is 405. The van der Waals surface area contributed by atoms with Crippen LogP contribution in [0.2, 0.25) is 0 Å². The minimum atomic E-state index is -0.437. The van der Waals surface area contributed by atoms with Crippen LogP contribution < -0.4 is 5.73 Å². The first-order valence-corrected chi connectivity index (χ1v) is 6.86. The van der Waals surface area contributed by atoms with Gasteiger partial charge in [0.05, 0.1) is 6.10 Å². The normalized spacial score (nSPS) is 22.9. The molecule has 18 heavy (non-hydrogen) atoms. The molecule has 0 bridgehead atoms. The molecule has 0 amide bonds. The molecule has 1 aromatic carbocycles. The van der Waals surface area contributed by atoms with Gasteiger partial charge in [0.25, 0.3) is 0 Å². The molecular weight excluding hydrogens is 224 g/mol. The molecule has 1 aliphatic rings. The number of anilines is 1. The van der Waals surface area contributed by atoms with E-state index in [2.05, 4.69) is 11.8 Å². The molecule has 3 N–H and O–H groups in total. The van der Waals surface area contributed by atoms with Gasteiger partial charge in [0.15, 0.2) is 0 Å². The molecule has 3 nitrogen and oxygen atoms in total. The molecule has 0 aromatic heterocycles. The Balaban J connectivity index is 2.02. The summed E-state index contributed by atoms with van der Waals surface area (Å²) in [5.41, 5.74) is 8.65. The van der Waals surface area contributed by atoms with E-state index in [-0.39, 0.29) is 0 Å². The highest BCUT2D eigenvalue weighted by Crippen LogP contribution is 2.23. The second-order valence-electron chi connectivity index (χ2n) is 5.47. The van der Waals surface area contributed by atoms with Crippen molar-refractivity contribution in [3.63, 3.8) is 0 Å². The number of aliphatic hydroxyl groups is 1. The second kappa shape index (κ2) is 5.72. The molecule has 1 fully saturated rings. The van der Waals surface area contributed by atoms with E-state index in [1.54, 1.807) is 0 Å². The minimum Gasteiger partial charge on any atom is -0.399 e. The van der Waals surface area contributed by atoms with Crippen molar-refractivity contribution in [2.24, 2.45) is 0 Å². The van der Waals surface area contributed by atoms with Gasteiger partial charge in [0, 0.05) is 18.3 Å². The fourth-order valence-electron chi connectivity index (χ4n) is 2.62. The molecule has 0 saturated carbocycles. The molecule has 1 saturated heterocycles. The number of β-amino-alcohol motifs (C(OH)–C–C–N with tert-alkyl or cyclic N) is 1. The Morgan fingerprint density at radius 3 is 2.89 bits per heavy atom. The zero-order valence-electron chi connectivity index (χ0n) is 11.4. The zero-order chi connectivity index (χ0) is 13.1. The van der Waals surface area contributed by atoms with Crippen LogP contribution in [0.4, 0.5) is 5.69 Å². The number of nitrogen functional groups attached to an aromatic ring is 1. The van der Waals surface area contributed by atoms with Crippen molar-refractivity contribution in [2.75, 3.05) is 18.8 Å². The Morgan fingerprint density at radius 1 is 1.44 bits per heavy atom. The Kier molecular flexibility index (Phi) is 4.25. The fourth-order valence-corrected chi connectivity index (χ4v) is 2.62. The van der Waals surface area contributed by atoms with Crippen LogP contribution in [0.3, 0.4) is 0 Å². The smallest absolute Gasteiger partial charge is 0.0917 e. The largest absolute Gasteiger partial charge is 0.399 e.